The normalized spacial score (nSPS) is 40.3. The minimum atomic E-state index is 0.870. The second-order valence-electron chi connectivity index (χ2n) is 2.68. The highest BCUT2D eigenvalue weighted by molar-refractivity contribution is 4.75. The Balaban J connectivity index is 2.06. The van der Waals surface area contributed by atoms with Crippen molar-refractivity contribution in [3.8, 4) is 0 Å². The highest BCUT2D eigenvalue weighted by atomic mass is 14.6. The lowest BCUT2D eigenvalue weighted by Gasteiger charge is -2.31. The molecule has 1 aliphatic carbocycles. The van der Waals surface area contributed by atoms with Crippen LogP contribution < -0.4 is 5.73 Å². The van der Waals surface area contributed by atoms with Crippen molar-refractivity contribution in [1.29, 1.82) is 0 Å². The molecule has 0 bridgehead atoms. The molecule has 1 heteroatoms. The molecular weight excluding hydrogens is 86.1 g/mol. The van der Waals surface area contributed by atoms with Crippen LogP contribution in [0, 0.1) is 11.8 Å². The van der Waals surface area contributed by atoms with Crippen LogP contribution in [0.5, 0.6) is 0 Å². The van der Waals surface area contributed by atoms with Crippen molar-refractivity contribution < 1.29 is 0 Å². The quantitative estimate of drug-likeness (QED) is 0.521. The fourth-order valence-corrected chi connectivity index (χ4v) is 1.26. The number of hydrogen-bond acceptors (Lipinski definition) is 1. The van der Waals surface area contributed by atoms with Crippen molar-refractivity contribution in [2.45, 2.75) is 19.8 Å². The van der Waals surface area contributed by atoms with Gasteiger partial charge in [0.05, 0.1) is 0 Å². The van der Waals surface area contributed by atoms with Crippen LogP contribution in [0.3, 0.4) is 0 Å². The van der Waals surface area contributed by atoms with Crippen LogP contribution in [-0.2, 0) is 0 Å². The molecule has 42 valence electrons. The van der Waals surface area contributed by atoms with Crippen molar-refractivity contribution >= 4 is 0 Å². The molecule has 0 aromatic heterocycles. The summed E-state index contributed by atoms with van der Waals surface area (Å²) in [6, 6.07) is 0. The smallest absolute Gasteiger partial charge is 0.00487 e. The van der Waals surface area contributed by atoms with Crippen LogP contribution in [0.1, 0.15) is 19.8 Å². The van der Waals surface area contributed by atoms with E-state index in [1.54, 1.807) is 0 Å². The van der Waals surface area contributed by atoms with E-state index >= 15 is 0 Å². The Morgan fingerprint density at radius 1 is 1.57 bits per heavy atom. The monoisotopic (exact) mass is 99.1 g/mol. The average molecular weight is 99.2 g/mol. The Morgan fingerprint density at radius 3 is 2.29 bits per heavy atom. The van der Waals surface area contributed by atoms with Crippen molar-refractivity contribution in [3.05, 3.63) is 0 Å². The van der Waals surface area contributed by atoms with Gasteiger partial charge in [-0.05, 0) is 31.2 Å². The van der Waals surface area contributed by atoms with E-state index in [0.29, 0.717) is 0 Å². The summed E-state index contributed by atoms with van der Waals surface area (Å²) in [6.07, 6.45) is 2.74. The van der Waals surface area contributed by atoms with Gasteiger partial charge in [-0.25, -0.2) is 0 Å². The Morgan fingerprint density at radius 2 is 2.14 bits per heavy atom. The predicted molar refractivity (Wildman–Crippen MR) is 30.9 cm³/mol. The maximum Gasteiger partial charge on any atom is -0.00487 e. The predicted octanol–water partition coefficient (Wildman–Crippen LogP) is 0.991. The molecule has 0 aromatic rings. The van der Waals surface area contributed by atoms with Crippen LogP contribution in [0.2, 0.25) is 0 Å². The zero-order valence-electron chi connectivity index (χ0n) is 4.85. The van der Waals surface area contributed by atoms with Crippen LogP contribution in [0.4, 0.5) is 0 Å². The zero-order chi connectivity index (χ0) is 5.28. The molecule has 0 amide bonds. The second-order valence-corrected chi connectivity index (χ2v) is 2.68. The van der Waals surface area contributed by atoms with Crippen LogP contribution in [0.25, 0.3) is 0 Å². The summed E-state index contributed by atoms with van der Waals surface area (Å²) in [5.74, 6) is 1.84. The third-order valence-electron chi connectivity index (χ3n) is 1.80. The van der Waals surface area contributed by atoms with Crippen LogP contribution in [-0.4, -0.2) is 6.54 Å². The molecule has 1 saturated carbocycles. The van der Waals surface area contributed by atoms with Gasteiger partial charge >= 0.3 is 0 Å². The van der Waals surface area contributed by atoms with Gasteiger partial charge in [-0.1, -0.05) is 6.92 Å². The topological polar surface area (TPSA) is 26.0 Å². The van der Waals surface area contributed by atoms with Crippen molar-refractivity contribution in [1.82, 2.24) is 0 Å². The van der Waals surface area contributed by atoms with E-state index in [1.165, 1.54) is 12.8 Å². The van der Waals surface area contributed by atoms with Crippen molar-refractivity contribution in [2.24, 2.45) is 17.6 Å². The Labute approximate surface area is 44.9 Å². The van der Waals surface area contributed by atoms with Gasteiger partial charge in [0.1, 0.15) is 0 Å². The molecule has 0 spiro atoms. The van der Waals surface area contributed by atoms with Gasteiger partial charge in [0.25, 0.3) is 0 Å². The Hall–Kier alpha value is -0.0400. The molecule has 1 fully saturated rings. The summed E-state index contributed by atoms with van der Waals surface area (Å²) >= 11 is 0. The molecule has 0 aliphatic heterocycles. The van der Waals surface area contributed by atoms with E-state index in [1.807, 2.05) is 0 Å². The molecule has 7 heavy (non-hydrogen) atoms. The lowest BCUT2D eigenvalue weighted by atomic mass is 9.76. The zero-order valence-corrected chi connectivity index (χ0v) is 4.85. The summed E-state index contributed by atoms with van der Waals surface area (Å²) < 4.78 is 0. The first-order chi connectivity index (χ1) is 3.33. The molecular formula is C6H13N. The number of nitrogens with two attached hydrogens (primary N) is 1. The van der Waals surface area contributed by atoms with Gasteiger partial charge in [-0.2, -0.15) is 0 Å². The largest absolute Gasteiger partial charge is 0.330 e. The molecule has 0 saturated heterocycles. The molecule has 0 aromatic carbocycles. The highest BCUT2D eigenvalue weighted by Gasteiger charge is 2.22. The van der Waals surface area contributed by atoms with E-state index in [2.05, 4.69) is 6.92 Å². The standard InChI is InChI=1S/C6H13N/c1-5-2-6(3-5)4-7/h5-6H,2-4,7H2,1H3/t5-,6+. The first-order valence-electron chi connectivity index (χ1n) is 3.03. The molecule has 0 unspecified atom stereocenters. The average Bonchev–Trinajstić information content (AvgIpc) is 1.58. The van der Waals surface area contributed by atoms with E-state index in [9.17, 15) is 0 Å². The summed E-state index contributed by atoms with van der Waals surface area (Å²) in [5, 5.41) is 0. The summed E-state index contributed by atoms with van der Waals surface area (Å²) in [5.41, 5.74) is 5.40. The minimum absolute atomic E-state index is 0.870. The first kappa shape index (κ1) is 5.10. The molecule has 0 heterocycles. The highest BCUT2D eigenvalue weighted by Crippen LogP contribution is 2.31. The van der Waals surface area contributed by atoms with Crippen molar-refractivity contribution in [2.75, 3.05) is 6.54 Å². The van der Waals surface area contributed by atoms with Crippen molar-refractivity contribution in [3.63, 3.8) is 0 Å². The molecule has 1 aliphatic rings. The second kappa shape index (κ2) is 1.83. The number of hydrogen-bond donors (Lipinski definition) is 1. The summed E-state index contributed by atoms with van der Waals surface area (Å²) in [7, 11) is 0. The third kappa shape index (κ3) is 0.942. The third-order valence-corrected chi connectivity index (χ3v) is 1.80. The maximum absolute atomic E-state index is 5.40. The first-order valence-corrected chi connectivity index (χ1v) is 3.03. The molecule has 2 N–H and O–H groups in total. The molecule has 0 radical (unpaired) electrons. The fraction of sp³-hybridized carbons (Fsp3) is 1.00. The van der Waals surface area contributed by atoms with Gasteiger partial charge < -0.3 is 5.73 Å². The van der Waals surface area contributed by atoms with E-state index in [-0.39, 0.29) is 0 Å². The summed E-state index contributed by atoms with van der Waals surface area (Å²) in [4.78, 5) is 0. The molecule has 1 rings (SSSR count). The van der Waals surface area contributed by atoms with Crippen LogP contribution in [0.15, 0.2) is 0 Å². The Kier molecular flexibility index (Phi) is 1.33. The molecule has 0 atom stereocenters. The van der Waals surface area contributed by atoms with Gasteiger partial charge in [0, 0.05) is 0 Å². The SMILES string of the molecule is C[C@H]1C[C@@H](CN)C1. The Bertz CT molecular complexity index is 55.2. The van der Waals surface area contributed by atoms with Gasteiger partial charge in [0.2, 0.25) is 0 Å². The van der Waals surface area contributed by atoms with Gasteiger partial charge in [0.15, 0.2) is 0 Å². The molecule has 1 nitrogen and oxygen atoms in total. The van der Waals surface area contributed by atoms with E-state index in [4.69, 9.17) is 5.73 Å². The minimum Gasteiger partial charge on any atom is -0.330 e. The van der Waals surface area contributed by atoms with E-state index < -0.39 is 0 Å². The maximum atomic E-state index is 5.40. The van der Waals surface area contributed by atoms with Gasteiger partial charge in [-0.3, -0.25) is 0 Å². The fourth-order valence-electron chi connectivity index (χ4n) is 1.26. The van der Waals surface area contributed by atoms with E-state index in [0.717, 1.165) is 18.4 Å². The lowest BCUT2D eigenvalue weighted by molar-refractivity contribution is 0.220. The summed E-state index contributed by atoms with van der Waals surface area (Å²) in [6.45, 7) is 3.19. The van der Waals surface area contributed by atoms with Gasteiger partial charge in [-0.15, -0.1) is 0 Å². The lowest BCUT2D eigenvalue weighted by Crippen LogP contribution is -2.27. The van der Waals surface area contributed by atoms with Crippen LogP contribution >= 0.6 is 0 Å². The number of rotatable bonds is 1.